The number of rotatable bonds is 3. The molecular formula is C12H20O2. The standard InChI is InChI=1S/C12H20O2/c1-6-10(11(13)14)8-7-9(2)12(3,4)5/h6-9H,1-5H3,(H,13,14). The van der Waals surface area contributed by atoms with Crippen LogP contribution in [0.25, 0.3) is 0 Å². The summed E-state index contributed by atoms with van der Waals surface area (Å²) < 4.78 is 0. The summed E-state index contributed by atoms with van der Waals surface area (Å²) in [5, 5.41) is 8.77. The van der Waals surface area contributed by atoms with Crippen molar-refractivity contribution in [3.05, 3.63) is 23.8 Å². The van der Waals surface area contributed by atoms with Crippen molar-refractivity contribution in [3.63, 3.8) is 0 Å². The Morgan fingerprint density at radius 3 is 2.14 bits per heavy atom. The summed E-state index contributed by atoms with van der Waals surface area (Å²) in [4.78, 5) is 10.7. The molecule has 1 N–H and O–H groups in total. The first-order chi connectivity index (χ1) is 6.29. The lowest BCUT2D eigenvalue weighted by molar-refractivity contribution is -0.132. The van der Waals surface area contributed by atoms with Gasteiger partial charge in [0.15, 0.2) is 0 Å². The van der Waals surface area contributed by atoms with Crippen molar-refractivity contribution in [1.82, 2.24) is 0 Å². The SMILES string of the molecule is CC=C(C=CC(C)C(C)(C)C)C(=O)O. The smallest absolute Gasteiger partial charge is 0.335 e. The Labute approximate surface area is 86.3 Å². The van der Waals surface area contributed by atoms with Gasteiger partial charge < -0.3 is 5.11 Å². The molecule has 2 heteroatoms. The predicted octanol–water partition coefficient (Wildman–Crippen LogP) is 3.26. The second-order valence-corrected chi connectivity index (χ2v) is 4.56. The fourth-order valence-electron chi connectivity index (χ4n) is 0.828. The van der Waals surface area contributed by atoms with Crippen molar-refractivity contribution in [2.75, 3.05) is 0 Å². The molecule has 0 bridgehead atoms. The fraction of sp³-hybridized carbons (Fsp3) is 0.583. The Morgan fingerprint density at radius 2 is 1.86 bits per heavy atom. The van der Waals surface area contributed by atoms with E-state index in [4.69, 9.17) is 5.11 Å². The molecule has 0 aromatic heterocycles. The zero-order valence-corrected chi connectivity index (χ0v) is 9.66. The molecule has 0 heterocycles. The number of hydrogen-bond acceptors (Lipinski definition) is 1. The summed E-state index contributed by atoms with van der Waals surface area (Å²) in [7, 11) is 0. The van der Waals surface area contributed by atoms with E-state index in [1.54, 1.807) is 19.1 Å². The third-order valence-corrected chi connectivity index (χ3v) is 2.49. The molecule has 14 heavy (non-hydrogen) atoms. The lowest BCUT2D eigenvalue weighted by Gasteiger charge is -2.24. The summed E-state index contributed by atoms with van der Waals surface area (Å²) in [5.74, 6) is -0.512. The maximum atomic E-state index is 10.7. The Bertz CT molecular complexity index is 254. The van der Waals surface area contributed by atoms with Gasteiger partial charge in [-0.3, -0.25) is 0 Å². The average molecular weight is 196 g/mol. The van der Waals surface area contributed by atoms with Crippen LogP contribution in [0.3, 0.4) is 0 Å². The van der Waals surface area contributed by atoms with E-state index in [0.29, 0.717) is 11.5 Å². The van der Waals surface area contributed by atoms with Crippen molar-refractivity contribution in [1.29, 1.82) is 0 Å². The quantitative estimate of drug-likeness (QED) is 0.555. The normalized spacial score (nSPS) is 15.9. The zero-order chi connectivity index (χ0) is 11.4. The summed E-state index contributed by atoms with van der Waals surface area (Å²) in [5.41, 5.74) is 0.523. The molecule has 0 aliphatic rings. The van der Waals surface area contributed by atoms with Gasteiger partial charge in [-0.1, -0.05) is 45.9 Å². The van der Waals surface area contributed by atoms with Crippen molar-refractivity contribution < 1.29 is 9.90 Å². The van der Waals surface area contributed by atoms with Gasteiger partial charge in [-0.15, -0.1) is 0 Å². The molecule has 0 saturated carbocycles. The van der Waals surface area contributed by atoms with E-state index in [1.807, 2.05) is 6.08 Å². The minimum atomic E-state index is -0.871. The highest BCUT2D eigenvalue weighted by Gasteiger charge is 2.17. The van der Waals surface area contributed by atoms with Crippen molar-refractivity contribution in [3.8, 4) is 0 Å². The second-order valence-electron chi connectivity index (χ2n) is 4.56. The minimum Gasteiger partial charge on any atom is -0.478 e. The maximum Gasteiger partial charge on any atom is 0.335 e. The van der Waals surface area contributed by atoms with Gasteiger partial charge in [-0.05, 0) is 18.3 Å². The molecule has 1 unspecified atom stereocenters. The predicted molar refractivity (Wildman–Crippen MR) is 59.2 cm³/mol. The largest absolute Gasteiger partial charge is 0.478 e. The highest BCUT2D eigenvalue weighted by atomic mass is 16.4. The molecule has 1 atom stereocenters. The third-order valence-electron chi connectivity index (χ3n) is 2.49. The molecule has 0 aromatic rings. The molecule has 0 radical (unpaired) electrons. The fourth-order valence-corrected chi connectivity index (χ4v) is 0.828. The summed E-state index contributed by atoms with van der Waals surface area (Å²) in [6.45, 7) is 10.2. The van der Waals surface area contributed by atoms with E-state index in [1.165, 1.54) is 0 Å². The van der Waals surface area contributed by atoms with Crippen LogP contribution < -0.4 is 0 Å². The number of allylic oxidation sites excluding steroid dienone is 2. The van der Waals surface area contributed by atoms with Crippen molar-refractivity contribution >= 4 is 5.97 Å². The lowest BCUT2D eigenvalue weighted by atomic mass is 9.82. The van der Waals surface area contributed by atoms with Crippen LogP contribution in [-0.2, 0) is 4.79 Å². The van der Waals surface area contributed by atoms with E-state index in [-0.39, 0.29) is 5.41 Å². The molecule has 0 saturated heterocycles. The average Bonchev–Trinajstić information content (AvgIpc) is 2.02. The van der Waals surface area contributed by atoms with Crippen LogP contribution in [0.15, 0.2) is 23.8 Å². The molecule has 80 valence electrons. The minimum absolute atomic E-state index is 0.174. The molecule has 0 fully saturated rings. The van der Waals surface area contributed by atoms with Gasteiger partial charge >= 0.3 is 5.97 Å². The summed E-state index contributed by atoms with van der Waals surface area (Å²) in [6.07, 6.45) is 5.23. The molecule has 0 aromatic carbocycles. The summed E-state index contributed by atoms with van der Waals surface area (Å²) in [6, 6.07) is 0. The van der Waals surface area contributed by atoms with Gasteiger partial charge in [0.1, 0.15) is 0 Å². The van der Waals surface area contributed by atoms with E-state index in [9.17, 15) is 4.79 Å². The molecular weight excluding hydrogens is 176 g/mol. The van der Waals surface area contributed by atoms with Crippen LogP contribution in [0.1, 0.15) is 34.6 Å². The topological polar surface area (TPSA) is 37.3 Å². The number of carbonyl (C=O) groups is 1. The Balaban J connectivity index is 4.52. The van der Waals surface area contributed by atoms with Gasteiger partial charge in [-0.25, -0.2) is 4.79 Å². The number of hydrogen-bond donors (Lipinski definition) is 1. The molecule has 0 aliphatic carbocycles. The van der Waals surface area contributed by atoms with Crippen molar-refractivity contribution in [2.45, 2.75) is 34.6 Å². The monoisotopic (exact) mass is 196 g/mol. The lowest BCUT2D eigenvalue weighted by Crippen LogP contribution is -2.15. The first kappa shape index (κ1) is 12.9. The molecule has 0 spiro atoms. The van der Waals surface area contributed by atoms with Gasteiger partial charge in [0.25, 0.3) is 0 Å². The third kappa shape index (κ3) is 4.26. The second kappa shape index (κ2) is 4.99. The van der Waals surface area contributed by atoms with E-state index < -0.39 is 5.97 Å². The van der Waals surface area contributed by atoms with Crippen LogP contribution in [0.5, 0.6) is 0 Å². The Kier molecular flexibility index (Phi) is 4.61. The van der Waals surface area contributed by atoms with Crippen molar-refractivity contribution in [2.24, 2.45) is 11.3 Å². The van der Waals surface area contributed by atoms with E-state index in [2.05, 4.69) is 27.7 Å². The number of carboxylic acid groups (broad SMARTS) is 1. The van der Waals surface area contributed by atoms with Gasteiger partial charge in [-0.2, -0.15) is 0 Å². The highest BCUT2D eigenvalue weighted by Crippen LogP contribution is 2.26. The van der Waals surface area contributed by atoms with Crippen LogP contribution in [-0.4, -0.2) is 11.1 Å². The van der Waals surface area contributed by atoms with E-state index in [0.717, 1.165) is 0 Å². The molecule has 0 rings (SSSR count). The van der Waals surface area contributed by atoms with Crippen LogP contribution in [0, 0.1) is 11.3 Å². The van der Waals surface area contributed by atoms with E-state index >= 15 is 0 Å². The maximum absolute atomic E-state index is 10.7. The summed E-state index contributed by atoms with van der Waals surface area (Å²) >= 11 is 0. The molecule has 2 nitrogen and oxygen atoms in total. The van der Waals surface area contributed by atoms with Crippen LogP contribution >= 0.6 is 0 Å². The first-order valence-electron chi connectivity index (χ1n) is 4.87. The number of carboxylic acids is 1. The van der Waals surface area contributed by atoms with Crippen LogP contribution in [0.2, 0.25) is 0 Å². The molecule has 0 aliphatic heterocycles. The van der Waals surface area contributed by atoms with Gasteiger partial charge in [0.2, 0.25) is 0 Å². The van der Waals surface area contributed by atoms with Gasteiger partial charge in [0, 0.05) is 0 Å². The van der Waals surface area contributed by atoms with Crippen LogP contribution in [0.4, 0.5) is 0 Å². The van der Waals surface area contributed by atoms with Gasteiger partial charge in [0.05, 0.1) is 5.57 Å². The Hall–Kier alpha value is -1.05. The molecule has 0 amide bonds. The first-order valence-corrected chi connectivity index (χ1v) is 4.87. The zero-order valence-electron chi connectivity index (χ0n) is 9.66. The highest BCUT2D eigenvalue weighted by molar-refractivity contribution is 5.89. The Morgan fingerprint density at radius 1 is 1.36 bits per heavy atom. The number of aliphatic carboxylic acids is 1.